The minimum atomic E-state index is -0.813. The zero-order valence-electron chi connectivity index (χ0n) is 18.8. The van der Waals surface area contributed by atoms with Gasteiger partial charge in [-0.05, 0) is 48.7 Å². The Balaban J connectivity index is 2.21. The number of carbonyl (C=O) groups excluding carboxylic acids is 2. The molecule has 3 rings (SSSR count). The van der Waals surface area contributed by atoms with Crippen LogP contribution >= 0.6 is 11.3 Å². The molecule has 0 N–H and O–H groups in total. The summed E-state index contributed by atoms with van der Waals surface area (Å²) in [4.78, 5) is 37.8. The molecule has 0 aliphatic heterocycles. The summed E-state index contributed by atoms with van der Waals surface area (Å²) in [7, 11) is 0. The second kappa shape index (κ2) is 10.5. The molecule has 0 bridgehead atoms. The Bertz CT molecular complexity index is 1220. The number of carbonyl (C=O) groups is 2. The molecule has 0 atom stereocenters. The van der Waals surface area contributed by atoms with Gasteiger partial charge >= 0.3 is 5.97 Å². The van der Waals surface area contributed by atoms with Crippen molar-refractivity contribution in [3.8, 4) is 10.4 Å². The highest BCUT2D eigenvalue weighted by atomic mass is 32.1. The van der Waals surface area contributed by atoms with Gasteiger partial charge in [0.15, 0.2) is 0 Å². The lowest BCUT2D eigenvalue weighted by molar-refractivity contribution is -0.384. The van der Waals surface area contributed by atoms with Crippen molar-refractivity contribution in [2.24, 2.45) is 0 Å². The number of nitrogens with zero attached hydrogens (tertiary/aromatic N) is 2. The highest BCUT2D eigenvalue weighted by molar-refractivity contribution is 7.20. The predicted molar refractivity (Wildman–Crippen MR) is 125 cm³/mol. The maximum Gasteiger partial charge on any atom is 0.341 e. The third-order valence-corrected chi connectivity index (χ3v) is 6.47. The highest BCUT2D eigenvalue weighted by Gasteiger charge is 2.30. The first-order valence-electron chi connectivity index (χ1n) is 10.5. The van der Waals surface area contributed by atoms with Gasteiger partial charge in [0.25, 0.3) is 5.69 Å². The molecule has 2 aromatic carbocycles. The Kier molecular flexibility index (Phi) is 7.72. The monoisotopic (exact) mass is 488 g/mol. The van der Waals surface area contributed by atoms with Gasteiger partial charge in [0, 0.05) is 29.5 Å². The molecule has 7 nitrogen and oxygen atoms in total. The van der Waals surface area contributed by atoms with Crippen LogP contribution in [0.4, 0.5) is 19.5 Å². The number of nitro benzene ring substituents is 1. The Labute approximate surface area is 198 Å². The van der Waals surface area contributed by atoms with Crippen molar-refractivity contribution in [2.45, 2.75) is 33.7 Å². The van der Waals surface area contributed by atoms with Crippen LogP contribution in [0.25, 0.3) is 10.4 Å². The van der Waals surface area contributed by atoms with Gasteiger partial charge in [-0.2, -0.15) is 0 Å². The number of ether oxygens (including phenoxy) is 1. The molecule has 1 heterocycles. The number of non-ortho nitro benzene ring substituents is 1. The van der Waals surface area contributed by atoms with Crippen LogP contribution in [0, 0.1) is 21.7 Å². The molecule has 0 unspecified atom stereocenters. The molecule has 0 spiro atoms. The van der Waals surface area contributed by atoms with E-state index in [1.54, 1.807) is 19.1 Å². The molecule has 0 saturated heterocycles. The van der Waals surface area contributed by atoms with Gasteiger partial charge < -0.3 is 4.74 Å². The Morgan fingerprint density at radius 1 is 1.06 bits per heavy atom. The molecule has 1 amide bonds. The molecule has 10 heteroatoms. The number of anilines is 1. The van der Waals surface area contributed by atoms with Crippen LogP contribution < -0.4 is 4.90 Å². The summed E-state index contributed by atoms with van der Waals surface area (Å²) in [6.45, 7) is 4.36. The van der Waals surface area contributed by atoms with Gasteiger partial charge in [-0.1, -0.05) is 13.0 Å². The Hall–Kier alpha value is -3.66. The quantitative estimate of drug-likeness (QED) is 0.224. The maximum atomic E-state index is 14.4. The number of benzene rings is 2. The molecule has 178 valence electrons. The lowest BCUT2D eigenvalue weighted by Gasteiger charge is -2.21. The third kappa shape index (κ3) is 4.96. The van der Waals surface area contributed by atoms with Crippen LogP contribution in [-0.2, 0) is 22.5 Å². The van der Waals surface area contributed by atoms with Crippen molar-refractivity contribution in [1.29, 1.82) is 0 Å². The van der Waals surface area contributed by atoms with E-state index in [0.29, 0.717) is 22.4 Å². The summed E-state index contributed by atoms with van der Waals surface area (Å²) in [6, 6.07) is 9.20. The minimum Gasteiger partial charge on any atom is -0.462 e. The Morgan fingerprint density at radius 2 is 1.68 bits per heavy atom. The van der Waals surface area contributed by atoms with E-state index in [2.05, 4.69) is 0 Å². The number of hydrogen-bond donors (Lipinski definition) is 0. The van der Waals surface area contributed by atoms with Gasteiger partial charge in [0.2, 0.25) is 5.91 Å². The minimum absolute atomic E-state index is 0.0894. The SMILES string of the molecule is CCOC(=O)c1c(N(Cc2c(F)cccc2F)C(C)=O)sc(-c2ccc([N+](=O)[O-])cc2)c1CC. The smallest absolute Gasteiger partial charge is 0.341 e. The van der Waals surface area contributed by atoms with Gasteiger partial charge in [-0.15, -0.1) is 11.3 Å². The van der Waals surface area contributed by atoms with Gasteiger partial charge in [0.1, 0.15) is 16.6 Å². The largest absolute Gasteiger partial charge is 0.462 e. The van der Waals surface area contributed by atoms with Crippen LogP contribution in [0.1, 0.15) is 42.3 Å². The summed E-state index contributed by atoms with van der Waals surface area (Å²) in [5, 5.41) is 11.2. The van der Waals surface area contributed by atoms with Gasteiger partial charge in [0.05, 0.1) is 23.6 Å². The second-order valence-corrected chi connectivity index (χ2v) is 8.27. The standard InChI is InChI=1S/C24H22F2N2O5S/c1-4-17-21(24(30)33-5-2)23(34-22(17)15-9-11-16(12-10-15)28(31)32)27(14(3)29)13-18-19(25)7-6-8-20(18)26/h6-12H,4-5,13H2,1-3H3. The molecule has 0 aliphatic carbocycles. The molecule has 0 saturated carbocycles. The van der Waals surface area contributed by atoms with E-state index in [4.69, 9.17) is 4.74 Å². The van der Waals surface area contributed by atoms with Crippen LogP contribution in [0.5, 0.6) is 0 Å². The van der Waals surface area contributed by atoms with E-state index < -0.39 is 35.0 Å². The van der Waals surface area contributed by atoms with Crippen molar-refractivity contribution >= 4 is 33.9 Å². The number of esters is 1. The van der Waals surface area contributed by atoms with Crippen LogP contribution in [-0.4, -0.2) is 23.4 Å². The zero-order valence-corrected chi connectivity index (χ0v) is 19.6. The predicted octanol–water partition coefficient (Wildman–Crippen LogP) is 5.89. The number of thiophene rings is 1. The molecule has 34 heavy (non-hydrogen) atoms. The fourth-order valence-corrected chi connectivity index (χ4v) is 4.96. The van der Waals surface area contributed by atoms with E-state index in [-0.39, 0.29) is 28.4 Å². The van der Waals surface area contributed by atoms with Crippen molar-refractivity contribution in [3.63, 3.8) is 0 Å². The number of rotatable bonds is 8. The first-order valence-corrected chi connectivity index (χ1v) is 11.3. The summed E-state index contributed by atoms with van der Waals surface area (Å²) < 4.78 is 34.0. The van der Waals surface area contributed by atoms with E-state index in [0.717, 1.165) is 28.4 Å². The highest BCUT2D eigenvalue weighted by Crippen LogP contribution is 2.44. The first-order chi connectivity index (χ1) is 16.2. The average molecular weight is 489 g/mol. The fourth-order valence-electron chi connectivity index (χ4n) is 3.53. The summed E-state index contributed by atoms with van der Waals surface area (Å²) >= 11 is 1.09. The first kappa shape index (κ1) is 25.0. The molecular formula is C24H22F2N2O5S. The van der Waals surface area contributed by atoms with Crippen molar-refractivity contribution in [3.05, 3.63) is 80.9 Å². The summed E-state index contributed by atoms with van der Waals surface area (Å²) in [6.07, 6.45) is 0.386. The maximum absolute atomic E-state index is 14.4. The Morgan fingerprint density at radius 3 is 2.18 bits per heavy atom. The molecule has 3 aromatic rings. The third-order valence-electron chi connectivity index (χ3n) is 5.17. The fraction of sp³-hybridized carbons (Fsp3) is 0.250. The zero-order chi connectivity index (χ0) is 25.0. The lowest BCUT2D eigenvalue weighted by atomic mass is 10.0. The van der Waals surface area contributed by atoms with Gasteiger partial charge in [-0.25, -0.2) is 13.6 Å². The summed E-state index contributed by atoms with van der Waals surface area (Å²) in [5.74, 6) is -2.81. The van der Waals surface area contributed by atoms with Gasteiger partial charge in [-0.3, -0.25) is 19.8 Å². The van der Waals surface area contributed by atoms with E-state index in [9.17, 15) is 28.5 Å². The topological polar surface area (TPSA) is 89.8 Å². The normalized spacial score (nSPS) is 10.7. The van der Waals surface area contributed by atoms with Crippen LogP contribution in [0.2, 0.25) is 0 Å². The van der Waals surface area contributed by atoms with E-state index in [1.807, 2.05) is 6.92 Å². The number of halogens is 2. The van der Waals surface area contributed by atoms with Crippen LogP contribution in [0.3, 0.4) is 0 Å². The van der Waals surface area contributed by atoms with Crippen molar-refractivity contribution in [2.75, 3.05) is 11.5 Å². The molecule has 1 aromatic heterocycles. The lowest BCUT2D eigenvalue weighted by Crippen LogP contribution is -2.29. The van der Waals surface area contributed by atoms with E-state index >= 15 is 0 Å². The van der Waals surface area contributed by atoms with Crippen molar-refractivity contribution in [1.82, 2.24) is 0 Å². The van der Waals surface area contributed by atoms with Crippen molar-refractivity contribution < 1.29 is 28.0 Å². The second-order valence-electron chi connectivity index (χ2n) is 7.27. The number of amides is 1. The average Bonchev–Trinajstić information content (AvgIpc) is 3.18. The molecule has 0 aliphatic rings. The summed E-state index contributed by atoms with van der Waals surface area (Å²) in [5.41, 5.74) is 0.910. The van der Waals surface area contributed by atoms with Crippen LogP contribution in [0.15, 0.2) is 42.5 Å². The number of hydrogen-bond acceptors (Lipinski definition) is 6. The molecule has 0 radical (unpaired) electrons. The van der Waals surface area contributed by atoms with E-state index in [1.165, 1.54) is 25.1 Å². The number of nitro groups is 1. The molecular weight excluding hydrogens is 466 g/mol. The molecule has 0 fully saturated rings.